The Kier molecular flexibility index (Phi) is 6.00. The smallest absolute Gasteiger partial charge is 0.255 e. The first kappa shape index (κ1) is 18.4. The van der Waals surface area contributed by atoms with Crippen molar-refractivity contribution in [2.45, 2.75) is 13.3 Å². The Morgan fingerprint density at radius 1 is 0.704 bits per heavy atom. The van der Waals surface area contributed by atoms with E-state index in [2.05, 4.69) is 10.6 Å². The number of carbonyl (C=O) groups is 2. The fourth-order valence-corrected chi connectivity index (χ4v) is 2.69. The van der Waals surface area contributed by atoms with Crippen molar-refractivity contribution < 1.29 is 9.59 Å². The summed E-state index contributed by atoms with van der Waals surface area (Å²) in [5.41, 5.74) is 3.99. The molecular weight excluding hydrogens is 336 g/mol. The van der Waals surface area contributed by atoms with Gasteiger partial charge in [0.1, 0.15) is 0 Å². The number of carbonyl (C=O) groups excluding carboxylic acids is 2. The van der Waals surface area contributed by atoms with Gasteiger partial charge in [-0.25, -0.2) is 0 Å². The first-order chi connectivity index (χ1) is 13.2. The van der Waals surface area contributed by atoms with Crippen molar-refractivity contribution in [2.75, 3.05) is 11.9 Å². The van der Waals surface area contributed by atoms with Crippen LogP contribution in [0.5, 0.6) is 0 Å². The standard InChI is InChI=1S/C23H22N2O2/c1-2-16-24-22(26)19-12-14-21(15-13-19)25-23(27)20-10-8-18(9-11-20)17-6-4-3-5-7-17/h3-15H,2,16H2,1H3,(H,24,26)(H,25,27). The van der Waals surface area contributed by atoms with Crippen LogP contribution in [-0.4, -0.2) is 18.4 Å². The predicted octanol–water partition coefficient (Wildman–Crippen LogP) is 4.75. The summed E-state index contributed by atoms with van der Waals surface area (Å²) in [5.74, 6) is -0.288. The third-order valence-electron chi connectivity index (χ3n) is 4.19. The molecule has 0 aliphatic heterocycles. The minimum atomic E-state index is -0.183. The minimum Gasteiger partial charge on any atom is -0.352 e. The van der Waals surface area contributed by atoms with Crippen molar-refractivity contribution in [3.63, 3.8) is 0 Å². The summed E-state index contributed by atoms with van der Waals surface area (Å²) in [6.07, 6.45) is 0.892. The zero-order chi connectivity index (χ0) is 19.1. The molecule has 3 rings (SSSR count). The average molecular weight is 358 g/mol. The zero-order valence-corrected chi connectivity index (χ0v) is 15.2. The van der Waals surface area contributed by atoms with Gasteiger partial charge in [-0.05, 0) is 53.9 Å². The Morgan fingerprint density at radius 3 is 1.89 bits per heavy atom. The van der Waals surface area contributed by atoms with E-state index in [1.165, 1.54) is 0 Å². The maximum absolute atomic E-state index is 12.4. The van der Waals surface area contributed by atoms with E-state index >= 15 is 0 Å². The van der Waals surface area contributed by atoms with E-state index in [-0.39, 0.29) is 11.8 Å². The van der Waals surface area contributed by atoms with Gasteiger partial charge in [0.15, 0.2) is 0 Å². The lowest BCUT2D eigenvalue weighted by atomic mass is 10.0. The van der Waals surface area contributed by atoms with Crippen LogP contribution < -0.4 is 10.6 Å². The summed E-state index contributed by atoms with van der Waals surface area (Å²) in [4.78, 5) is 24.3. The van der Waals surface area contributed by atoms with E-state index in [9.17, 15) is 9.59 Å². The fraction of sp³-hybridized carbons (Fsp3) is 0.130. The lowest BCUT2D eigenvalue weighted by Crippen LogP contribution is -2.23. The van der Waals surface area contributed by atoms with E-state index in [0.29, 0.717) is 23.4 Å². The van der Waals surface area contributed by atoms with Crippen LogP contribution in [0.1, 0.15) is 34.1 Å². The number of nitrogens with one attached hydrogen (secondary N) is 2. The van der Waals surface area contributed by atoms with Gasteiger partial charge in [0.05, 0.1) is 0 Å². The third kappa shape index (κ3) is 4.82. The monoisotopic (exact) mass is 358 g/mol. The quantitative estimate of drug-likeness (QED) is 0.668. The van der Waals surface area contributed by atoms with Crippen LogP contribution >= 0.6 is 0 Å². The molecule has 0 saturated carbocycles. The number of hydrogen-bond acceptors (Lipinski definition) is 2. The predicted molar refractivity (Wildman–Crippen MR) is 109 cm³/mol. The molecule has 4 nitrogen and oxygen atoms in total. The molecule has 0 unspecified atom stereocenters. The molecule has 2 amide bonds. The lowest BCUT2D eigenvalue weighted by Gasteiger charge is -2.08. The van der Waals surface area contributed by atoms with E-state index in [0.717, 1.165) is 17.5 Å². The number of amides is 2. The summed E-state index contributed by atoms with van der Waals surface area (Å²) in [6.45, 7) is 2.65. The molecule has 3 aromatic rings. The van der Waals surface area contributed by atoms with E-state index in [4.69, 9.17) is 0 Å². The normalized spacial score (nSPS) is 10.3. The lowest BCUT2D eigenvalue weighted by molar-refractivity contribution is 0.0953. The number of benzene rings is 3. The minimum absolute atomic E-state index is 0.105. The Labute approximate surface area is 159 Å². The molecule has 0 aromatic heterocycles. The first-order valence-corrected chi connectivity index (χ1v) is 9.02. The van der Waals surface area contributed by atoms with Gasteiger partial charge >= 0.3 is 0 Å². The Balaban J connectivity index is 1.64. The van der Waals surface area contributed by atoms with Gasteiger partial charge in [0, 0.05) is 23.4 Å². The number of anilines is 1. The third-order valence-corrected chi connectivity index (χ3v) is 4.19. The van der Waals surface area contributed by atoms with Gasteiger partial charge in [0.25, 0.3) is 11.8 Å². The van der Waals surface area contributed by atoms with E-state index in [1.807, 2.05) is 61.5 Å². The first-order valence-electron chi connectivity index (χ1n) is 9.02. The van der Waals surface area contributed by atoms with Gasteiger partial charge < -0.3 is 10.6 Å². The summed E-state index contributed by atoms with van der Waals surface area (Å²) in [5, 5.41) is 5.68. The second kappa shape index (κ2) is 8.81. The molecule has 0 spiro atoms. The molecule has 27 heavy (non-hydrogen) atoms. The van der Waals surface area contributed by atoms with Crippen molar-refractivity contribution >= 4 is 17.5 Å². The van der Waals surface area contributed by atoms with Gasteiger partial charge in [0.2, 0.25) is 0 Å². The highest BCUT2D eigenvalue weighted by Crippen LogP contribution is 2.20. The van der Waals surface area contributed by atoms with Crippen molar-refractivity contribution in [3.05, 3.63) is 90.0 Å². The van der Waals surface area contributed by atoms with Crippen LogP contribution in [0.15, 0.2) is 78.9 Å². The molecule has 0 atom stereocenters. The Hall–Kier alpha value is -3.40. The van der Waals surface area contributed by atoms with Gasteiger partial charge in [-0.1, -0.05) is 49.4 Å². The molecule has 3 aromatic carbocycles. The van der Waals surface area contributed by atoms with Crippen molar-refractivity contribution in [1.82, 2.24) is 5.32 Å². The van der Waals surface area contributed by atoms with Crippen LogP contribution in [0, 0.1) is 0 Å². The van der Waals surface area contributed by atoms with Gasteiger partial charge in [-0.15, -0.1) is 0 Å². The highest BCUT2D eigenvalue weighted by atomic mass is 16.2. The molecule has 0 aliphatic rings. The maximum atomic E-state index is 12.4. The second-order valence-corrected chi connectivity index (χ2v) is 6.23. The molecule has 4 heteroatoms. The van der Waals surface area contributed by atoms with Crippen LogP contribution in [-0.2, 0) is 0 Å². The maximum Gasteiger partial charge on any atom is 0.255 e. The van der Waals surface area contributed by atoms with E-state index < -0.39 is 0 Å². The Morgan fingerprint density at radius 2 is 1.26 bits per heavy atom. The average Bonchev–Trinajstić information content (AvgIpc) is 2.73. The summed E-state index contributed by atoms with van der Waals surface area (Å²) >= 11 is 0. The molecule has 0 saturated heterocycles. The molecule has 136 valence electrons. The molecule has 0 heterocycles. The van der Waals surface area contributed by atoms with Crippen LogP contribution in [0.4, 0.5) is 5.69 Å². The molecule has 0 bridgehead atoms. The summed E-state index contributed by atoms with van der Waals surface area (Å²) in [6, 6.07) is 24.4. The van der Waals surface area contributed by atoms with Gasteiger partial charge in [-0.3, -0.25) is 9.59 Å². The topological polar surface area (TPSA) is 58.2 Å². The van der Waals surface area contributed by atoms with Crippen LogP contribution in [0.2, 0.25) is 0 Å². The molecule has 0 aliphatic carbocycles. The summed E-state index contributed by atoms with van der Waals surface area (Å²) < 4.78 is 0. The molecule has 0 radical (unpaired) electrons. The largest absolute Gasteiger partial charge is 0.352 e. The van der Waals surface area contributed by atoms with Crippen LogP contribution in [0.3, 0.4) is 0 Å². The zero-order valence-electron chi connectivity index (χ0n) is 15.2. The van der Waals surface area contributed by atoms with Crippen molar-refractivity contribution in [2.24, 2.45) is 0 Å². The SMILES string of the molecule is CCCNC(=O)c1ccc(NC(=O)c2ccc(-c3ccccc3)cc2)cc1. The highest BCUT2D eigenvalue weighted by molar-refractivity contribution is 6.04. The summed E-state index contributed by atoms with van der Waals surface area (Å²) in [7, 11) is 0. The number of rotatable bonds is 6. The molecule has 0 fully saturated rings. The van der Waals surface area contributed by atoms with Crippen molar-refractivity contribution in [1.29, 1.82) is 0 Å². The fourth-order valence-electron chi connectivity index (χ4n) is 2.69. The van der Waals surface area contributed by atoms with Gasteiger partial charge in [-0.2, -0.15) is 0 Å². The molecule has 2 N–H and O–H groups in total. The second-order valence-electron chi connectivity index (χ2n) is 6.23. The van der Waals surface area contributed by atoms with E-state index in [1.54, 1.807) is 24.3 Å². The molecular formula is C23H22N2O2. The Bertz CT molecular complexity index is 901. The van der Waals surface area contributed by atoms with Crippen molar-refractivity contribution in [3.8, 4) is 11.1 Å². The number of hydrogen-bond donors (Lipinski definition) is 2. The highest BCUT2D eigenvalue weighted by Gasteiger charge is 2.08. The van der Waals surface area contributed by atoms with Crippen LogP contribution in [0.25, 0.3) is 11.1 Å².